The van der Waals surface area contributed by atoms with Crippen LogP contribution >= 0.6 is 0 Å². The van der Waals surface area contributed by atoms with E-state index >= 15 is 0 Å². The number of carbonyl (C=O) groups is 11. The number of hydrogen-bond donors (Lipinski definition) is 11. The van der Waals surface area contributed by atoms with Crippen LogP contribution in [0.3, 0.4) is 0 Å². The Kier molecular flexibility index (Phi) is 24.8. The number of carbonyl (C=O) groups excluding carboxylic acids is 11. The van der Waals surface area contributed by atoms with E-state index in [-0.39, 0.29) is 128 Å². The largest absolute Gasteiger partial charge is 0.378 e. The van der Waals surface area contributed by atoms with E-state index in [0.717, 1.165) is 0 Å². The maximum atomic E-state index is 13.3. The highest BCUT2D eigenvalue weighted by atomic mass is 16.5. The van der Waals surface area contributed by atoms with E-state index < -0.39 is 59.1 Å². The van der Waals surface area contributed by atoms with Crippen molar-refractivity contribution < 1.29 is 62.2 Å². The van der Waals surface area contributed by atoms with Crippen LogP contribution in [-0.4, -0.2) is 195 Å². The van der Waals surface area contributed by atoms with Gasteiger partial charge in [-0.1, -0.05) is 0 Å². The van der Waals surface area contributed by atoms with Crippen LogP contribution in [-0.2, 0) is 78.0 Å². The molecule has 0 fully saturated rings. The summed E-state index contributed by atoms with van der Waals surface area (Å²) in [6.45, 7) is 2.37. The van der Waals surface area contributed by atoms with E-state index in [0.29, 0.717) is 50.9 Å². The summed E-state index contributed by atoms with van der Waals surface area (Å²) >= 11 is 0. The fourth-order valence-electron chi connectivity index (χ4n) is 9.14. The van der Waals surface area contributed by atoms with Gasteiger partial charge in [-0.2, -0.15) is 0 Å². The quantitative estimate of drug-likeness (QED) is 0.0229. The summed E-state index contributed by atoms with van der Waals surface area (Å²) in [5, 5.41) is 26.7. The number of aromatic nitrogens is 11. The van der Waals surface area contributed by atoms with Gasteiger partial charge < -0.3 is 105 Å². The predicted octanol–water partition coefficient (Wildman–Crippen LogP) is -0.371. The topological polar surface area (TPSA) is 442 Å². The lowest BCUT2D eigenvalue weighted by atomic mass is 10.3. The van der Waals surface area contributed by atoms with Crippen LogP contribution in [0.4, 0.5) is 34.5 Å². The average Bonchev–Trinajstić information content (AvgIpc) is 1.72. The van der Waals surface area contributed by atoms with E-state index in [1.807, 2.05) is 0 Å². The highest BCUT2D eigenvalue weighted by Crippen LogP contribution is 2.19. The van der Waals surface area contributed by atoms with Crippen LogP contribution < -0.4 is 58.9 Å². The molecule has 0 saturated heterocycles. The van der Waals surface area contributed by atoms with Crippen LogP contribution in [0.25, 0.3) is 0 Å². The Morgan fingerprint density at radius 2 is 0.840 bits per heavy atom. The minimum atomic E-state index is -0.635. The number of nitrogens with two attached hydrogens (primary N) is 1. The normalized spacial score (nSPS) is 10.9. The number of aryl methyl sites for hydroxylation is 7. The van der Waals surface area contributed by atoms with Crippen molar-refractivity contribution in [2.45, 2.75) is 32.1 Å². The lowest BCUT2D eigenvalue weighted by Gasteiger charge is -2.17. The maximum absolute atomic E-state index is 13.3. The van der Waals surface area contributed by atoms with Gasteiger partial charge in [-0.25, -0.2) is 19.9 Å². The summed E-state index contributed by atoms with van der Waals surface area (Å²) in [6.07, 6.45) is 12.0. The molecular formula is C58H77N23O13. The van der Waals surface area contributed by atoms with Crippen LogP contribution in [0.1, 0.15) is 106 Å². The summed E-state index contributed by atoms with van der Waals surface area (Å²) in [7, 11) is 12.8. The van der Waals surface area contributed by atoms with Crippen molar-refractivity contribution in [3.63, 3.8) is 0 Å². The molecule has 36 heteroatoms. The number of rotatable bonds is 34. The number of ether oxygens (including phenoxy) is 2. The average molecular weight is 1300 g/mol. The second kappa shape index (κ2) is 33.2. The highest BCUT2D eigenvalue weighted by Gasteiger charge is 2.23. The molecule has 94 heavy (non-hydrogen) atoms. The second-order valence-electron chi connectivity index (χ2n) is 21.4. The Balaban J connectivity index is 0.756. The minimum Gasteiger partial charge on any atom is -0.378 e. The van der Waals surface area contributed by atoms with Crippen molar-refractivity contribution in [3.05, 3.63) is 108 Å². The molecule has 0 aliphatic carbocycles. The molecule has 502 valence electrons. The molecule has 7 heterocycles. The summed E-state index contributed by atoms with van der Waals surface area (Å²) in [4.78, 5) is 160. The minimum absolute atomic E-state index is 0.00653. The molecule has 0 aliphatic rings. The summed E-state index contributed by atoms with van der Waals surface area (Å²) in [5.74, 6) is -5.06. The molecule has 0 atom stereocenters. The van der Waals surface area contributed by atoms with Crippen molar-refractivity contribution in [3.8, 4) is 0 Å². The number of anilines is 6. The molecule has 0 aromatic carbocycles. The first-order chi connectivity index (χ1) is 44.9. The fourth-order valence-corrected chi connectivity index (χ4v) is 9.14. The number of imidazole rings is 4. The number of amides is 11. The molecule has 0 bridgehead atoms. The van der Waals surface area contributed by atoms with E-state index in [2.05, 4.69) is 73.1 Å². The third kappa shape index (κ3) is 19.9. The Morgan fingerprint density at radius 3 is 1.34 bits per heavy atom. The molecule has 11 amide bonds. The molecule has 7 aromatic heterocycles. The third-order valence-electron chi connectivity index (χ3n) is 13.9. The van der Waals surface area contributed by atoms with Crippen molar-refractivity contribution in [1.29, 1.82) is 0 Å². The third-order valence-corrected chi connectivity index (χ3v) is 13.9. The van der Waals surface area contributed by atoms with Gasteiger partial charge in [-0.15, -0.1) is 0 Å². The number of hydrogen-bond acceptors (Lipinski definition) is 18. The second-order valence-corrected chi connectivity index (χ2v) is 21.4. The molecule has 7 rings (SSSR count). The van der Waals surface area contributed by atoms with Gasteiger partial charge in [0.05, 0.1) is 43.5 Å². The summed E-state index contributed by atoms with van der Waals surface area (Å²) < 4.78 is 21.0. The van der Waals surface area contributed by atoms with Crippen molar-refractivity contribution in [2.75, 3.05) is 105 Å². The van der Waals surface area contributed by atoms with Crippen LogP contribution in [0.5, 0.6) is 0 Å². The first kappa shape index (κ1) is 70.2. The van der Waals surface area contributed by atoms with Crippen LogP contribution in [0.15, 0.2) is 67.8 Å². The van der Waals surface area contributed by atoms with Gasteiger partial charge in [-0.3, -0.25) is 52.7 Å². The van der Waals surface area contributed by atoms with Gasteiger partial charge >= 0.3 is 0 Å². The summed E-state index contributed by atoms with van der Waals surface area (Å²) in [5.41, 5.74) is 6.92. The molecule has 0 unspecified atom stereocenters. The van der Waals surface area contributed by atoms with Gasteiger partial charge in [0.25, 0.3) is 41.4 Å². The van der Waals surface area contributed by atoms with Gasteiger partial charge in [0.1, 0.15) is 17.1 Å². The first-order valence-electron chi connectivity index (χ1n) is 29.5. The molecule has 12 N–H and O–H groups in total. The SMILES string of the molecule is CN(CCOCCOCCN)C(=O)CCNC(=O)c1nc(NC(=O)c2cc(NC(=O)CCNC(=O)c3nc(NC(=O)CCCNC(=O)c4cc(NC(=O)c5nc(NC(=O)CCNC(=O)c6cc(NC(=O)c7nccn7C)cn6C)cn5C)cn4C)cn3C)cn2C)cn1C. The van der Waals surface area contributed by atoms with Crippen LogP contribution in [0.2, 0.25) is 0 Å². The van der Waals surface area contributed by atoms with Crippen molar-refractivity contribution in [1.82, 2.24) is 78.1 Å². The lowest BCUT2D eigenvalue weighted by molar-refractivity contribution is -0.130. The number of nitrogens with zero attached hydrogens (tertiary/aromatic N) is 12. The summed E-state index contributed by atoms with van der Waals surface area (Å²) in [6, 6.07) is 4.39. The first-order valence-corrected chi connectivity index (χ1v) is 29.5. The molecule has 7 aromatic rings. The van der Waals surface area contributed by atoms with Crippen LogP contribution in [0, 0.1) is 0 Å². The zero-order valence-electron chi connectivity index (χ0n) is 53.2. The zero-order chi connectivity index (χ0) is 68.2. The Bertz CT molecular complexity index is 3910. The van der Waals surface area contributed by atoms with Gasteiger partial charge in [0, 0.05) is 171 Å². The predicted molar refractivity (Wildman–Crippen MR) is 340 cm³/mol. The van der Waals surface area contributed by atoms with Crippen molar-refractivity contribution in [2.24, 2.45) is 55.1 Å². The van der Waals surface area contributed by atoms with E-state index in [1.165, 1.54) is 87.7 Å². The molecule has 0 aliphatic heterocycles. The monoisotopic (exact) mass is 1300 g/mol. The number of nitrogens with one attached hydrogen (secondary N) is 10. The molecule has 0 saturated carbocycles. The zero-order valence-corrected chi connectivity index (χ0v) is 53.2. The van der Waals surface area contributed by atoms with Gasteiger partial charge in [-0.05, 0) is 24.6 Å². The Hall–Kier alpha value is -11.3. The van der Waals surface area contributed by atoms with Gasteiger partial charge in [0.2, 0.25) is 41.1 Å². The van der Waals surface area contributed by atoms with E-state index in [9.17, 15) is 52.7 Å². The van der Waals surface area contributed by atoms with Crippen molar-refractivity contribution >= 4 is 99.5 Å². The number of likely N-dealkylation sites (N-methyl/N-ethyl adjacent to an activating group) is 1. The standard InChI is InChI=1S/C58H77N23O13/c1-74(21-23-94-25-24-93-22-14-59)47(85)13-18-64-56(90)50-72-43(34-80(50)7)73-54(88)40-26-35(29-78(40)5)65-45(83)11-17-63-55(89)49-70-41(32-79(49)6)68-44(82)10-9-15-61-52(86)38-28-37(31-76(38)3)67-58(92)51-71-42(33-81(51)8)69-46(84)12-16-62-53(87)39-27-36(30-77(39)4)66-57(91)48-60-19-20-75(48)2/h19-20,26-34H,9-18,21-25,59H2,1-8H3,(H,61,86)(H,62,87)(H,63,89)(H,64,90)(H,65,83)(H,66,91)(H,67,92)(H,68,82)(H,69,84)(H,73,88). The molecular weight excluding hydrogens is 1230 g/mol. The molecule has 0 radical (unpaired) electrons. The molecule has 0 spiro atoms. The van der Waals surface area contributed by atoms with E-state index in [4.69, 9.17) is 15.2 Å². The Labute approximate surface area is 538 Å². The smallest absolute Gasteiger partial charge is 0.291 e. The van der Waals surface area contributed by atoms with E-state index in [1.54, 1.807) is 73.3 Å². The maximum Gasteiger partial charge on any atom is 0.291 e. The highest BCUT2D eigenvalue weighted by molar-refractivity contribution is 6.06. The molecule has 36 nitrogen and oxygen atoms in total. The van der Waals surface area contributed by atoms with Gasteiger partial charge in [0.15, 0.2) is 23.3 Å². The lowest BCUT2D eigenvalue weighted by Crippen LogP contribution is -2.34. The fraction of sp³-hybridized carbons (Fsp3) is 0.397. The Morgan fingerprint density at radius 1 is 0.426 bits per heavy atom.